The highest BCUT2D eigenvalue weighted by atomic mass is 35.5. The van der Waals surface area contributed by atoms with Crippen molar-refractivity contribution < 1.29 is 13.2 Å². The van der Waals surface area contributed by atoms with Crippen molar-refractivity contribution >= 4 is 27.5 Å². The van der Waals surface area contributed by atoms with E-state index in [0.717, 1.165) is 18.2 Å². The molecule has 0 bridgehead atoms. The lowest BCUT2D eigenvalue weighted by molar-refractivity contribution is 0.207. The van der Waals surface area contributed by atoms with Crippen molar-refractivity contribution in [2.45, 2.75) is 23.8 Å². The van der Waals surface area contributed by atoms with Gasteiger partial charge in [-0.1, -0.05) is 23.7 Å². The molecule has 1 saturated heterocycles. The Morgan fingerprint density at radius 3 is 2.88 bits per heavy atom. The quantitative estimate of drug-likeness (QED) is 0.866. The molecule has 6 nitrogen and oxygen atoms in total. The largest absolute Gasteiger partial charge is 0.332 e. The van der Waals surface area contributed by atoms with E-state index in [4.69, 9.17) is 11.6 Å². The first-order valence-corrected chi connectivity index (χ1v) is 10.5. The lowest BCUT2D eigenvalue weighted by Gasteiger charge is -2.18. The highest BCUT2D eigenvalue weighted by Crippen LogP contribution is 2.28. The van der Waals surface area contributed by atoms with Crippen molar-refractivity contribution in [1.29, 1.82) is 0 Å². The predicted octanol–water partition coefficient (Wildman–Crippen LogP) is 2.84. The Labute approximate surface area is 158 Å². The Morgan fingerprint density at radius 1 is 1.35 bits per heavy atom. The van der Waals surface area contributed by atoms with Crippen LogP contribution in [0.2, 0.25) is 5.02 Å². The van der Waals surface area contributed by atoms with Crippen LogP contribution >= 0.6 is 11.6 Å². The van der Waals surface area contributed by atoms with E-state index in [1.54, 1.807) is 11.0 Å². The third-order valence-electron chi connectivity index (χ3n) is 4.45. The molecule has 1 atom stereocenters. The maximum atomic E-state index is 12.4. The number of sulfone groups is 1. The minimum Gasteiger partial charge on any atom is -0.332 e. The van der Waals surface area contributed by atoms with E-state index >= 15 is 0 Å². The highest BCUT2D eigenvalue weighted by molar-refractivity contribution is 7.90. The monoisotopic (exact) mass is 393 g/mol. The van der Waals surface area contributed by atoms with E-state index in [1.165, 1.54) is 12.3 Å². The minimum atomic E-state index is -3.39. The Kier molecular flexibility index (Phi) is 5.48. The molecule has 8 heteroatoms. The SMILES string of the molecule is CS(=O)(=O)c1cccnc1CNC(=O)N1CCC(c2cccc(Cl)c2)C1. The molecule has 2 aromatic rings. The first-order valence-electron chi connectivity index (χ1n) is 8.27. The molecule has 138 valence electrons. The van der Waals surface area contributed by atoms with Crippen molar-refractivity contribution in [3.05, 3.63) is 58.9 Å². The molecule has 1 N–H and O–H groups in total. The number of carbonyl (C=O) groups is 1. The van der Waals surface area contributed by atoms with Gasteiger partial charge in [-0.05, 0) is 36.2 Å². The van der Waals surface area contributed by atoms with Gasteiger partial charge in [-0.25, -0.2) is 13.2 Å². The average molecular weight is 394 g/mol. The van der Waals surface area contributed by atoms with Gasteiger partial charge in [0.25, 0.3) is 0 Å². The first-order chi connectivity index (χ1) is 12.3. The van der Waals surface area contributed by atoms with Crippen LogP contribution in [0.1, 0.15) is 23.6 Å². The summed E-state index contributed by atoms with van der Waals surface area (Å²) in [5.74, 6) is 0.251. The van der Waals surface area contributed by atoms with E-state index in [2.05, 4.69) is 10.3 Å². The first kappa shape index (κ1) is 18.7. The maximum absolute atomic E-state index is 12.4. The summed E-state index contributed by atoms with van der Waals surface area (Å²) in [7, 11) is -3.39. The predicted molar refractivity (Wildman–Crippen MR) is 100.0 cm³/mol. The molecule has 1 aliphatic rings. The molecule has 0 aliphatic carbocycles. The summed E-state index contributed by atoms with van der Waals surface area (Å²) >= 11 is 6.04. The third kappa shape index (κ3) is 4.34. The van der Waals surface area contributed by atoms with Gasteiger partial charge < -0.3 is 10.2 Å². The van der Waals surface area contributed by atoms with E-state index < -0.39 is 9.84 Å². The fraction of sp³-hybridized carbons (Fsp3) is 0.333. The number of pyridine rings is 1. The van der Waals surface area contributed by atoms with Crippen LogP contribution in [0.4, 0.5) is 4.79 Å². The normalized spacial score (nSPS) is 17.3. The van der Waals surface area contributed by atoms with Gasteiger partial charge in [-0.2, -0.15) is 0 Å². The van der Waals surface area contributed by atoms with E-state index in [9.17, 15) is 13.2 Å². The van der Waals surface area contributed by atoms with Crippen LogP contribution in [-0.2, 0) is 16.4 Å². The molecule has 1 aromatic heterocycles. The number of hydrogen-bond donors (Lipinski definition) is 1. The van der Waals surface area contributed by atoms with Crippen LogP contribution in [0, 0.1) is 0 Å². The number of halogens is 1. The highest BCUT2D eigenvalue weighted by Gasteiger charge is 2.27. The topological polar surface area (TPSA) is 79.4 Å². The van der Waals surface area contributed by atoms with Gasteiger partial charge in [0.2, 0.25) is 0 Å². The zero-order valence-electron chi connectivity index (χ0n) is 14.4. The average Bonchev–Trinajstić information content (AvgIpc) is 3.09. The van der Waals surface area contributed by atoms with Gasteiger partial charge in [0, 0.05) is 36.5 Å². The molecule has 3 rings (SSSR count). The zero-order valence-corrected chi connectivity index (χ0v) is 15.9. The molecule has 1 unspecified atom stereocenters. The number of aromatic nitrogens is 1. The summed E-state index contributed by atoms with van der Waals surface area (Å²) in [6, 6.07) is 10.5. The summed E-state index contributed by atoms with van der Waals surface area (Å²) in [6.45, 7) is 1.32. The number of hydrogen-bond acceptors (Lipinski definition) is 4. The van der Waals surface area contributed by atoms with E-state index in [-0.39, 0.29) is 23.4 Å². The van der Waals surface area contributed by atoms with Crippen molar-refractivity contribution in [3.63, 3.8) is 0 Å². The van der Waals surface area contributed by atoms with Crippen molar-refractivity contribution in [2.24, 2.45) is 0 Å². The van der Waals surface area contributed by atoms with Gasteiger partial charge in [0.15, 0.2) is 9.84 Å². The Morgan fingerprint density at radius 2 is 2.15 bits per heavy atom. The Bertz CT molecular complexity index is 917. The molecule has 0 saturated carbocycles. The van der Waals surface area contributed by atoms with Crippen LogP contribution in [0.15, 0.2) is 47.5 Å². The van der Waals surface area contributed by atoms with Gasteiger partial charge >= 0.3 is 6.03 Å². The second kappa shape index (κ2) is 7.63. The summed E-state index contributed by atoms with van der Waals surface area (Å²) < 4.78 is 23.6. The van der Waals surface area contributed by atoms with E-state index in [1.807, 2.05) is 24.3 Å². The number of benzene rings is 1. The number of urea groups is 1. The number of nitrogens with one attached hydrogen (secondary N) is 1. The third-order valence-corrected chi connectivity index (χ3v) is 5.86. The summed E-state index contributed by atoms with van der Waals surface area (Å²) in [6.07, 6.45) is 3.51. The number of carbonyl (C=O) groups excluding carboxylic acids is 1. The summed E-state index contributed by atoms with van der Waals surface area (Å²) in [4.78, 5) is 18.4. The zero-order chi connectivity index (χ0) is 18.7. The minimum absolute atomic E-state index is 0.0698. The van der Waals surface area contributed by atoms with Crippen LogP contribution in [0.5, 0.6) is 0 Å². The summed E-state index contributed by atoms with van der Waals surface area (Å²) in [5, 5.41) is 3.46. The van der Waals surface area contributed by atoms with Crippen molar-refractivity contribution in [2.75, 3.05) is 19.3 Å². The van der Waals surface area contributed by atoms with Crippen molar-refractivity contribution in [1.82, 2.24) is 15.2 Å². The van der Waals surface area contributed by atoms with Crippen LogP contribution < -0.4 is 5.32 Å². The number of nitrogens with zero attached hydrogens (tertiary/aromatic N) is 2. The number of amides is 2. The van der Waals surface area contributed by atoms with Crippen LogP contribution in [0.3, 0.4) is 0 Å². The lowest BCUT2D eigenvalue weighted by Crippen LogP contribution is -2.38. The van der Waals surface area contributed by atoms with Crippen molar-refractivity contribution in [3.8, 4) is 0 Å². The molecule has 2 amide bonds. The summed E-state index contributed by atoms with van der Waals surface area (Å²) in [5.41, 5.74) is 1.46. The molecular formula is C18H20ClN3O3S. The molecule has 0 spiro atoms. The number of likely N-dealkylation sites (tertiary alicyclic amines) is 1. The lowest BCUT2D eigenvalue weighted by atomic mass is 9.99. The van der Waals surface area contributed by atoms with Crippen LogP contribution in [-0.4, -0.2) is 43.7 Å². The smallest absolute Gasteiger partial charge is 0.317 e. The van der Waals surface area contributed by atoms with Gasteiger partial charge in [0.05, 0.1) is 17.1 Å². The van der Waals surface area contributed by atoms with Gasteiger partial charge in [-0.15, -0.1) is 0 Å². The molecule has 26 heavy (non-hydrogen) atoms. The second-order valence-corrected chi connectivity index (χ2v) is 8.79. The fourth-order valence-corrected chi connectivity index (χ4v) is 4.22. The van der Waals surface area contributed by atoms with Gasteiger partial charge in [0.1, 0.15) is 0 Å². The van der Waals surface area contributed by atoms with Gasteiger partial charge in [-0.3, -0.25) is 4.98 Å². The van der Waals surface area contributed by atoms with E-state index in [0.29, 0.717) is 23.8 Å². The molecule has 1 aromatic carbocycles. The Hall–Kier alpha value is -2.12. The molecule has 1 aliphatic heterocycles. The fourth-order valence-electron chi connectivity index (χ4n) is 3.14. The molecule has 0 radical (unpaired) electrons. The standard InChI is InChI=1S/C18H20ClN3O3S/c1-26(24,25)17-6-3-8-20-16(17)11-21-18(23)22-9-7-14(12-22)13-4-2-5-15(19)10-13/h2-6,8,10,14H,7,9,11-12H2,1H3,(H,21,23). The molecular weight excluding hydrogens is 374 g/mol. The number of rotatable bonds is 4. The van der Waals surface area contributed by atoms with Crippen LogP contribution in [0.25, 0.3) is 0 Å². The Balaban J connectivity index is 1.62. The second-order valence-electron chi connectivity index (χ2n) is 6.37. The molecule has 2 heterocycles. The maximum Gasteiger partial charge on any atom is 0.317 e. The molecule has 1 fully saturated rings.